The minimum absolute atomic E-state index is 1.07. The van der Waals surface area contributed by atoms with Gasteiger partial charge in [-0.2, -0.15) is 0 Å². The molecule has 0 aliphatic rings. The van der Waals surface area contributed by atoms with Crippen molar-refractivity contribution in [2.75, 3.05) is 0 Å². The highest BCUT2D eigenvalue weighted by Crippen LogP contribution is 2.06. The van der Waals surface area contributed by atoms with Gasteiger partial charge in [-0.05, 0) is 19.3 Å². The minimum Gasteiger partial charge on any atom is -0.319 e. The molecule has 2 N–H and O–H groups in total. The Balaban J connectivity index is 3.23. The highest BCUT2D eigenvalue weighted by atomic mass is 32.2. The molecule has 0 fully saturated rings. The summed E-state index contributed by atoms with van der Waals surface area (Å²) in [5.41, 5.74) is 1.10. The first kappa shape index (κ1) is 15.4. The first-order chi connectivity index (χ1) is 7.81. The zero-order valence-electron chi connectivity index (χ0n) is 10.7. The lowest BCUT2D eigenvalue weighted by atomic mass is 10.2. The standard InChI is InChI=1S/C13H26N2S/c1-4-6-8-10-12-14-16-15-13(3)11-9-7-5-2/h10,12,14-15H,3-9,11H2,1-2H3/b12-10-. The Bertz CT molecular complexity index is 190. The van der Waals surface area contributed by atoms with Crippen molar-refractivity contribution in [1.29, 1.82) is 0 Å². The van der Waals surface area contributed by atoms with E-state index in [1.807, 2.05) is 6.20 Å². The molecule has 0 radical (unpaired) electrons. The number of hydrogen-bond acceptors (Lipinski definition) is 3. The predicted molar refractivity (Wildman–Crippen MR) is 75.8 cm³/mol. The largest absolute Gasteiger partial charge is 0.319 e. The third-order valence-electron chi connectivity index (χ3n) is 2.25. The summed E-state index contributed by atoms with van der Waals surface area (Å²) in [5.74, 6) is 0. The van der Waals surface area contributed by atoms with E-state index in [-0.39, 0.29) is 0 Å². The number of nitrogens with one attached hydrogen (secondary N) is 2. The lowest BCUT2D eigenvalue weighted by Gasteiger charge is -2.07. The molecule has 0 aromatic rings. The quantitative estimate of drug-likeness (QED) is 0.411. The van der Waals surface area contributed by atoms with Gasteiger partial charge in [-0.25, -0.2) is 0 Å². The van der Waals surface area contributed by atoms with Crippen LogP contribution in [0, 0.1) is 0 Å². The summed E-state index contributed by atoms with van der Waals surface area (Å²) in [6.07, 6.45) is 12.7. The van der Waals surface area contributed by atoms with Crippen molar-refractivity contribution < 1.29 is 0 Å². The van der Waals surface area contributed by atoms with E-state index in [2.05, 4.69) is 35.9 Å². The van der Waals surface area contributed by atoms with E-state index >= 15 is 0 Å². The fourth-order valence-corrected chi connectivity index (χ4v) is 1.70. The summed E-state index contributed by atoms with van der Waals surface area (Å²) >= 11 is 1.49. The molecule has 0 rings (SSSR count). The molecule has 0 saturated heterocycles. The molecular formula is C13H26N2S. The molecule has 2 nitrogen and oxygen atoms in total. The molecule has 3 heteroatoms. The average molecular weight is 242 g/mol. The zero-order valence-corrected chi connectivity index (χ0v) is 11.5. The second kappa shape index (κ2) is 12.5. The van der Waals surface area contributed by atoms with Crippen molar-refractivity contribution in [3.05, 3.63) is 24.6 Å². The van der Waals surface area contributed by atoms with Crippen molar-refractivity contribution in [3.8, 4) is 0 Å². The van der Waals surface area contributed by atoms with Gasteiger partial charge in [0.15, 0.2) is 0 Å². The molecule has 16 heavy (non-hydrogen) atoms. The van der Waals surface area contributed by atoms with Crippen LogP contribution in [0.25, 0.3) is 0 Å². The van der Waals surface area contributed by atoms with Gasteiger partial charge in [-0.15, -0.1) is 0 Å². The fourth-order valence-electron chi connectivity index (χ4n) is 1.23. The van der Waals surface area contributed by atoms with Crippen molar-refractivity contribution in [1.82, 2.24) is 9.44 Å². The Morgan fingerprint density at radius 3 is 2.62 bits per heavy atom. The Morgan fingerprint density at radius 2 is 1.94 bits per heavy atom. The highest BCUT2D eigenvalue weighted by Gasteiger charge is 1.92. The number of rotatable bonds is 11. The maximum absolute atomic E-state index is 3.98. The van der Waals surface area contributed by atoms with Crippen LogP contribution in [-0.2, 0) is 0 Å². The van der Waals surface area contributed by atoms with Gasteiger partial charge in [0.05, 0.1) is 12.1 Å². The summed E-state index contributed by atoms with van der Waals surface area (Å²) < 4.78 is 6.32. The third kappa shape index (κ3) is 11.5. The van der Waals surface area contributed by atoms with Gasteiger partial charge in [0, 0.05) is 11.9 Å². The first-order valence-corrected chi connectivity index (χ1v) is 7.13. The van der Waals surface area contributed by atoms with Crippen LogP contribution in [0.1, 0.15) is 58.8 Å². The smallest absolute Gasteiger partial charge is 0.0647 e. The molecule has 0 aliphatic carbocycles. The van der Waals surface area contributed by atoms with Crippen molar-refractivity contribution in [3.63, 3.8) is 0 Å². The Kier molecular flexibility index (Phi) is 12.1. The molecule has 0 aromatic heterocycles. The van der Waals surface area contributed by atoms with Crippen LogP contribution in [0.15, 0.2) is 24.6 Å². The van der Waals surface area contributed by atoms with Gasteiger partial charge in [0.25, 0.3) is 0 Å². The molecular weight excluding hydrogens is 216 g/mol. The topological polar surface area (TPSA) is 24.1 Å². The van der Waals surface area contributed by atoms with Gasteiger partial charge < -0.3 is 9.44 Å². The second-order valence-electron chi connectivity index (χ2n) is 3.93. The van der Waals surface area contributed by atoms with Crippen molar-refractivity contribution in [2.45, 2.75) is 58.8 Å². The Morgan fingerprint density at radius 1 is 1.19 bits per heavy atom. The van der Waals surface area contributed by atoms with Crippen LogP contribution in [0.3, 0.4) is 0 Å². The maximum atomic E-state index is 3.98. The van der Waals surface area contributed by atoms with Crippen LogP contribution in [-0.4, -0.2) is 0 Å². The highest BCUT2D eigenvalue weighted by molar-refractivity contribution is 7.95. The lowest BCUT2D eigenvalue weighted by molar-refractivity contribution is 0.705. The third-order valence-corrected chi connectivity index (χ3v) is 2.89. The van der Waals surface area contributed by atoms with Gasteiger partial charge in [-0.3, -0.25) is 0 Å². The van der Waals surface area contributed by atoms with Gasteiger partial charge in [0.2, 0.25) is 0 Å². The molecule has 94 valence electrons. The van der Waals surface area contributed by atoms with E-state index in [0.29, 0.717) is 0 Å². The summed E-state index contributed by atoms with van der Waals surface area (Å²) in [4.78, 5) is 0. The van der Waals surface area contributed by atoms with E-state index < -0.39 is 0 Å². The zero-order chi connectivity index (χ0) is 12.1. The lowest BCUT2D eigenvalue weighted by Crippen LogP contribution is -2.08. The molecule has 0 amide bonds. The number of unbranched alkanes of at least 4 members (excludes halogenated alkanes) is 4. The number of hydrogen-bond donors (Lipinski definition) is 2. The molecule has 0 spiro atoms. The van der Waals surface area contributed by atoms with Crippen LogP contribution in [0.5, 0.6) is 0 Å². The SMILES string of the molecule is C=C(CCCCC)NSN/C=C\CCCC. The molecule has 0 atom stereocenters. The summed E-state index contributed by atoms with van der Waals surface area (Å²) in [6, 6.07) is 0. The molecule has 0 unspecified atom stereocenters. The van der Waals surface area contributed by atoms with E-state index in [1.165, 1.54) is 44.2 Å². The summed E-state index contributed by atoms with van der Waals surface area (Å²) in [6.45, 7) is 8.40. The summed E-state index contributed by atoms with van der Waals surface area (Å²) in [5, 5.41) is 0. The maximum Gasteiger partial charge on any atom is 0.0647 e. The monoisotopic (exact) mass is 242 g/mol. The summed E-state index contributed by atoms with van der Waals surface area (Å²) in [7, 11) is 0. The van der Waals surface area contributed by atoms with Crippen molar-refractivity contribution in [2.24, 2.45) is 0 Å². The molecule has 0 aromatic carbocycles. The second-order valence-corrected chi connectivity index (χ2v) is 4.57. The fraction of sp³-hybridized carbons (Fsp3) is 0.692. The molecule has 0 heterocycles. The van der Waals surface area contributed by atoms with Gasteiger partial charge in [0.1, 0.15) is 0 Å². The van der Waals surface area contributed by atoms with Crippen LogP contribution in [0.4, 0.5) is 0 Å². The van der Waals surface area contributed by atoms with Crippen LogP contribution >= 0.6 is 12.1 Å². The van der Waals surface area contributed by atoms with E-state index in [4.69, 9.17) is 0 Å². The van der Waals surface area contributed by atoms with E-state index in [9.17, 15) is 0 Å². The molecule has 0 saturated carbocycles. The molecule has 0 bridgehead atoms. The van der Waals surface area contributed by atoms with Gasteiger partial charge >= 0.3 is 0 Å². The minimum atomic E-state index is 1.07. The van der Waals surface area contributed by atoms with Crippen LogP contribution in [0.2, 0.25) is 0 Å². The predicted octanol–water partition coefficient (Wildman–Crippen LogP) is 4.53. The Labute approximate surface area is 105 Å². The van der Waals surface area contributed by atoms with E-state index in [1.54, 1.807) is 0 Å². The Hall–Kier alpha value is -0.570. The number of allylic oxidation sites excluding steroid dienone is 2. The van der Waals surface area contributed by atoms with Crippen LogP contribution < -0.4 is 9.44 Å². The molecule has 0 aliphatic heterocycles. The normalized spacial score (nSPS) is 10.6. The van der Waals surface area contributed by atoms with Gasteiger partial charge in [-0.1, -0.05) is 52.2 Å². The van der Waals surface area contributed by atoms with E-state index in [0.717, 1.165) is 18.5 Å². The first-order valence-electron chi connectivity index (χ1n) is 6.31. The average Bonchev–Trinajstić information content (AvgIpc) is 2.28. The van der Waals surface area contributed by atoms with Crippen molar-refractivity contribution >= 4 is 12.1 Å².